The molecule has 0 bridgehead atoms. The second kappa shape index (κ2) is 9.44. The first-order valence-corrected chi connectivity index (χ1v) is 13.7. The van der Waals surface area contributed by atoms with Crippen LogP contribution >= 0.6 is 11.6 Å². The van der Waals surface area contributed by atoms with Gasteiger partial charge in [0.05, 0.1) is 16.7 Å². The smallest absolute Gasteiger partial charge is 0.255 e. The predicted octanol–water partition coefficient (Wildman–Crippen LogP) is 6.48. The first kappa shape index (κ1) is 24.6. The van der Waals surface area contributed by atoms with Crippen LogP contribution in [-0.4, -0.2) is 54.0 Å². The maximum Gasteiger partial charge on any atom is 0.255 e. The van der Waals surface area contributed by atoms with Crippen molar-refractivity contribution in [1.29, 1.82) is 0 Å². The molecule has 1 aliphatic carbocycles. The van der Waals surface area contributed by atoms with E-state index in [0.29, 0.717) is 22.0 Å². The number of hydrogen-bond donors (Lipinski definition) is 0. The second-order valence-corrected chi connectivity index (χ2v) is 11.9. The molecule has 3 fully saturated rings. The summed E-state index contributed by atoms with van der Waals surface area (Å²) in [6, 6.07) is 15.2. The number of likely N-dealkylation sites (tertiary alicyclic amines) is 2. The number of benzene rings is 2. The lowest BCUT2D eigenvalue weighted by atomic mass is 9.80. The summed E-state index contributed by atoms with van der Waals surface area (Å²) in [7, 11) is 0. The average Bonchev–Trinajstić information content (AvgIpc) is 3.44. The normalized spacial score (nSPS) is 24.7. The van der Waals surface area contributed by atoms with Gasteiger partial charge in [-0.15, -0.1) is 0 Å². The molecule has 2 aromatic carbocycles. The lowest BCUT2D eigenvalue weighted by Gasteiger charge is -2.43. The lowest BCUT2D eigenvalue weighted by molar-refractivity contribution is 0.0518. The summed E-state index contributed by atoms with van der Waals surface area (Å²) in [5, 5.41) is 0.593. The third kappa shape index (κ3) is 4.60. The molecule has 1 amide bonds. The highest BCUT2D eigenvalue weighted by Gasteiger charge is 2.64. The maximum absolute atomic E-state index is 13.0. The molecule has 0 aromatic heterocycles. The van der Waals surface area contributed by atoms with Gasteiger partial charge in [-0.25, -0.2) is 0 Å². The molecule has 2 saturated heterocycles. The minimum atomic E-state index is 0.0771. The Labute approximate surface area is 215 Å². The molecular weight excluding hydrogens is 456 g/mol. The number of ether oxygens (including phenoxy) is 1. The summed E-state index contributed by atoms with van der Waals surface area (Å²) in [5.41, 5.74) is 3.80. The molecule has 35 heavy (non-hydrogen) atoms. The highest BCUT2D eigenvalue weighted by Crippen LogP contribution is 2.69. The van der Waals surface area contributed by atoms with E-state index in [9.17, 15) is 4.79 Å². The Hall–Kier alpha value is -2.04. The van der Waals surface area contributed by atoms with Gasteiger partial charge in [0.15, 0.2) is 0 Å². The van der Waals surface area contributed by atoms with Crippen molar-refractivity contribution >= 4 is 17.5 Å². The number of halogens is 1. The van der Waals surface area contributed by atoms with Crippen LogP contribution in [0.5, 0.6) is 5.75 Å². The Morgan fingerprint density at radius 1 is 1.03 bits per heavy atom. The van der Waals surface area contributed by atoms with Gasteiger partial charge in [0.2, 0.25) is 0 Å². The number of rotatable bonds is 5. The van der Waals surface area contributed by atoms with Crippen LogP contribution in [0.4, 0.5) is 0 Å². The van der Waals surface area contributed by atoms with Crippen LogP contribution in [0.2, 0.25) is 5.02 Å². The number of nitrogens with zero attached hydrogens (tertiary/aromatic N) is 2. The topological polar surface area (TPSA) is 32.8 Å². The molecule has 5 heteroatoms. The van der Waals surface area contributed by atoms with E-state index in [1.807, 2.05) is 30.0 Å². The van der Waals surface area contributed by atoms with Crippen molar-refractivity contribution in [3.05, 3.63) is 64.2 Å². The minimum absolute atomic E-state index is 0.0771. The van der Waals surface area contributed by atoms with Crippen molar-refractivity contribution in [1.82, 2.24) is 9.80 Å². The largest absolute Gasteiger partial charge is 0.491 e. The number of carbonyl (C=O) groups is 1. The highest BCUT2D eigenvalue weighted by atomic mass is 35.5. The number of amides is 1. The summed E-state index contributed by atoms with van der Waals surface area (Å²) < 4.78 is 5.84. The van der Waals surface area contributed by atoms with Gasteiger partial charge in [-0.3, -0.25) is 4.79 Å². The fourth-order valence-corrected chi connectivity index (χ4v) is 6.88. The van der Waals surface area contributed by atoms with Gasteiger partial charge in [0.1, 0.15) is 5.75 Å². The van der Waals surface area contributed by atoms with Crippen molar-refractivity contribution in [2.75, 3.05) is 26.2 Å². The molecule has 2 heterocycles. The van der Waals surface area contributed by atoms with E-state index in [2.05, 4.69) is 49.9 Å². The molecule has 1 atom stereocenters. The highest BCUT2D eigenvalue weighted by molar-refractivity contribution is 6.34. The Balaban J connectivity index is 1.14. The summed E-state index contributed by atoms with van der Waals surface area (Å²) in [5.74, 6) is 1.04. The van der Waals surface area contributed by atoms with Gasteiger partial charge < -0.3 is 14.5 Å². The van der Waals surface area contributed by atoms with E-state index in [1.165, 1.54) is 37.9 Å². The molecule has 1 spiro atoms. The zero-order chi connectivity index (χ0) is 24.8. The van der Waals surface area contributed by atoms with Gasteiger partial charge in [-0.05, 0) is 106 Å². The van der Waals surface area contributed by atoms with Crippen LogP contribution in [0.3, 0.4) is 0 Å². The average molecular weight is 495 g/mol. The minimum Gasteiger partial charge on any atom is -0.491 e. The Bertz CT molecular complexity index is 1070. The fraction of sp³-hybridized carbons (Fsp3) is 0.567. The Kier molecular flexibility index (Phi) is 6.65. The molecule has 2 aliphatic heterocycles. The first-order valence-electron chi connectivity index (χ1n) is 13.3. The Morgan fingerprint density at radius 3 is 2.31 bits per heavy atom. The van der Waals surface area contributed by atoms with Crippen LogP contribution in [-0.2, 0) is 5.41 Å². The summed E-state index contributed by atoms with van der Waals surface area (Å²) in [4.78, 5) is 17.7. The molecule has 188 valence electrons. The van der Waals surface area contributed by atoms with Crippen LogP contribution in [0.25, 0.3) is 0 Å². The molecule has 4 nitrogen and oxygen atoms in total. The summed E-state index contributed by atoms with van der Waals surface area (Å²) in [6.45, 7) is 12.5. The van der Waals surface area contributed by atoms with Gasteiger partial charge in [0, 0.05) is 19.1 Å². The van der Waals surface area contributed by atoms with Gasteiger partial charge in [-0.2, -0.15) is 0 Å². The van der Waals surface area contributed by atoms with E-state index in [-0.39, 0.29) is 17.4 Å². The molecule has 2 aromatic rings. The van der Waals surface area contributed by atoms with Crippen LogP contribution in [0, 0.1) is 12.3 Å². The van der Waals surface area contributed by atoms with E-state index in [0.717, 1.165) is 37.2 Å². The van der Waals surface area contributed by atoms with Crippen LogP contribution in [0.1, 0.15) is 74.4 Å². The molecule has 0 radical (unpaired) electrons. The van der Waals surface area contributed by atoms with Gasteiger partial charge >= 0.3 is 0 Å². The molecular formula is C30H39ClN2O2. The molecule has 5 rings (SSSR count). The van der Waals surface area contributed by atoms with Gasteiger partial charge in [-0.1, -0.05) is 42.8 Å². The number of piperidine rings is 2. The third-order valence-corrected chi connectivity index (χ3v) is 9.55. The van der Waals surface area contributed by atoms with Crippen molar-refractivity contribution in [2.24, 2.45) is 5.41 Å². The summed E-state index contributed by atoms with van der Waals surface area (Å²) >= 11 is 6.42. The standard InChI is InChI=1S/C30H39ClN2O2/c1-21(2)35-25-10-8-23(9-11-25)29(4)20-30(29)14-18-32(19-15-30)24-12-16-33(17-13-24)28(34)26-7-5-6-22(3)27(26)31/h5-11,21,24H,12-20H2,1-4H3. The number of aryl methyl sites for hydroxylation is 1. The van der Waals surface area contributed by atoms with E-state index in [1.54, 1.807) is 0 Å². The van der Waals surface area contributed by atoms with E-state index < -0.39 is 0 Å². The van der Waals surface area contributed by atoms with Crippen LogP contribution < -0.4 is 4.74 Å². The van der Waals surface area contributed by atoms with Crippen molar-refractivity contribution in [3.63, 3.8) is 0 Å². The van der Waals surface area contributed by atoms with Crippen molar-refractivity contribution < 1.29 is 9.53 Å². The Morgan fingerprint density at radius 2 is 1.69 bits per heavy atom. The van der Waals surface area contributed by atoms with Crippen molar-refractivity contribution in [3.8, 4) is 5.75 Å². The third-order valence-electron chi connectivity index (χ3n) is 9.05. The first-order chi connectivity index (χ1) is 16.7. The number of carbonyl (C=O) groups excluding carboxylic acids is 1. The van der Waals surface area contributed by atoms with E-state index >= 15 is 0 Å². The maximum atomic E-state index is 13.0. The van der Waals surface area contributed by atoms with Crippen LogP contribution in [0.15, 0.2) is 42.5 Å². The predicted molar refractivity (Wildman–Crippen MR) is 143 cm³/mol. The molecule has 0 N–H and O–H groups in total. The molecule has 1 unspecified atom stereocenters. The second-order valence-electron chi connectivity index (χ2n) is 11.5. The van der Waals surface area contributed by atoms with Crippen molar-refractivity contribution in [2.45, 2.75) is 77.4 Å². The van der Waals surface area contributed by atoms with Gasteiger partial charge in [0.25, 0.3) is 5.91 Å². The monoisotopic (exact) mass is 494 g/mol. The SMILES string of the molecule is Cc1cccc(C(=O)N2CCC(N3CCC4(CC3)CC4(C)c3ccc(OC(C)C)cc3)CC2)c1Cl. The zero-order valence-corrected chi connectivity index (χ0v) is 22.4. The molecule has 3 aliphatic rings. The lowest BCUT2D eigenvalue weighted by Crippen LogP contribution is -2.49. The zero-order valence-electron chi connectivity index (χ0n) is 21.6. The molecule has 1 saturated carbocycles. The fourth-order valence-electron chi connectivity index (χ4n) is 6.68. The van der Waals surface area contributed by atoms with E-state index in [4.69, 9.17) is 16.3 Å². The summed E-state index contributed by atoms with van der Waals surface area (Å²) in [6.07, 6.45) is 6.14. The number of hydrogen-bond acceptors (Lipinski definition) is 3. The quantitative estimate of drug-likeness (QED) is 0.476.